The summed E-state index contributed by atoms with van der Waals surface area (Å²) >= 11 is 3.62. The van der Waals surface area contributed by atoms with Crippen LogP contribution >= 0.6 is 19.8 Å². The van der Waals surface area contributed by atoms with Crippen molar-refractivity contribution in [2.75, 3.05) is 6.61 Å². The number of esters is 1. The molecule has 14 heavy (non-hydrogen) atoms. The normalized spacial score (nSPS) is 9.86. The molecule has 0 spiro atoms. The molecule has 0 aliphatic rings. The van der Waals surface area contributed by atoms with Gasteiger partial charge in [0.25, 0.3) is 0 Å². The predicted octanol–water partition coefficient (Wildman–Crippen LogP) is 3.23. The minimum atomic E-state index is -0.396. The van der Waals surface area contributed by atoms with Gasteiger partial charge in [-0.25, -0.2) is 0 Å². The van der Waals surface area contributed by atoms with Crippen LogP contribution in [0, 0.1) is 12.0 Å². The molecule has 2 nitrogen and oxygen atoms in total. The van der Waals surface area contributed by atoms with Gasteiger partial charge in [-0.3, -0.25) is 10.9 Å². The first-order chi connectivity index (χ1) is 6.48. The second-order valence-corrected chi connectivity index (χ2v) is 3.76. The van der Waals surface area contributed by atoms with Crippen LogP contribution in [0.15, 0.2) is 6.08 Å². The van der Waals surface area contributed by atoms with Crippen LogP contribution in [0.3, 0.4) is 0 Å². The van der Waals surface area contributed by atoms with Crippen LogP contribution in [0.5, 0.6) is 0 Å². The zero-order valence-corrected chi connectivity index (χ0v) is 14.3. The van der Waals surface area contributed by atoms with Crippen molar-refractivity contribution in [3.05, 3.63) is 12.7 Å². The van der Waals surface area contributed by atoms with Crippen molar-refractivity contribution >= 4 is 25.7 Å². The minimum absolute atomic E-state index is 0.153. The van der Waals surface area contributed by atoms with E-state index < -0.39 is 5.41 Å². The number of carbonyl (C=O) groups excluding carboxylic acids is 1. The molecule has 0 radical (unpaired) electrons. The van der Waals surface area contributed by atoms with Gasteiger partial charge in [-0.15, -0.1) is 0 Å². The second kappa shape index (κ2) is 10.1. The summed E-state index contributed by atoms with van der Waals surface area (Å²) in [6.45, 7) is 11.1. The summed E-state index contributed by atoms with van der Waals surface area (Å²) < 4.78 is 4.99. The Morgan fingerprint density at radius 2 is 2.00 bits per heavy atom. The van der Waals surface area contributed by atoms with Gasteiger partial charge in [0.15, 0.2) is 0 Å². The first kappa shape index (κ1) is 17.0. The Morgan fingerprint density at radius 3 is 2.36 bits per heavy atom. The molecule has 0 unspecified atom stereocenters. The van der Waals surface area contributed by atoms with E-state index in [4.69, 9.17) is 11.3 Å². The first-order valence-electron chi connectivity index (χ1n) is 4.46. The molecule has 0 heterocycles. The molecule has 0 fully saturated rings. The van der Waals surface area contributed by atoms with E-state index >= 15 is 0 Å². The van der Waals surface area contributed by atoms with E-state index in [1.165, 1.54) is 14.8 Å². The third-order valence-electron chi connectivity index (χ3n) is 1.36. The number of carbonyl (C=O) groups is 1. The molecule has 0 saturated carbocycles. The fourth-order valence-electron chi connectivity index (χ4n) is 0.583. The van der Waals surface area contributed by atoms with E-state index in [0.717, 1.165) is 12.8 Å². The van der Waals surface area contributed by atoms with E-state index in [1.54, 1.807) is 6.08 Å². The Bertz CT molecular complexity index is 164. The molecule has 0 N–H and O–H groups in total. The van der Waals surface area contributed by atoms with Crippen molar-refractivity contribution in [1.82, 2.24) is 0 Å². The van der Waals surface area contributed by atoms with Gasteiger partial charge in [0.05, 0.1) is 12.0 Å². The van der Waals surface area contributed by atoms with Gasteiger partial charge < -0.3 is 11.3 Å². The molecular weight excluding hydrogens is 344 g/mol. The third kappa shape index (κ3) is 10.6. The zero-order chi connectivity index (χ0) is 11.6. The maximum atomic E-state index is 11.2. The van der Waals surface area contributed by atoms with E-state index in [0.29, 0.717) is 6.61 Å². The Morgan fingerprint density at radius 1 is 1.50 bits per heavy atom. The van der Waals surface area contributed by atoms with E-state index in [2.05, 4.69) is 19.8 Å². The average molecular weight is 362 g/mol. The quantitative estimate of drug-likeness (QED) is 0.253. The topological polar surface area (TPSA) is 26.3 Å². The van der Waals surface area contributed by atoms with Crippen molar-refractivity contribution in [1.29, 1.82) is 0 Å². The van der Waals surface area contributed by atoms with Gasteiger partial charge >= 0.3 is 40.5 Å². The van der Waals surface area contributed by atoms with Crippen LogP contribution in [0.4, 0.5) is 0 Å². The summed E-state index contributed by atoms with van der Waals surface area (Å²) in [6.07, 6.45) is 3.17. The fraction of sp³-hybridized carbons (Fsp3) is 0.700. The summed E-state index contributed by atoms with van der Waals surface area (Å²) in [5.74, 6) is -0.153. The first-order valence-corrected chi connectivity index (χ1v) is 13.5. The van der Waals surface area contributed by atoms with E-state index in [-0.39, 0.29) is 5.97 Å². The molecule has 0 aromatic heterocycles. The summed E-state index contributed by atoms with van der Waals surface area (Å²) in [6, 6.07) is 0. The molecule has 0 amide bonds. The van der Waals surface area contributed by atoms with Gasteiger partial charge in [-0.1, -0.05) is 6.42 Å². The van der Waals surface area contributed by atoms with Crippen molar-refractivity contribution in [3.8, 4) is 0 Å². The van der Waals surface area contributed by atoms with Gasteiger partial charge in [0.1, 0.15) is 0 Å². The average Bonchev–Trinajstić information content (AvgIpc) is 2.14. The molecule has 0 bridgehead atoms. The van der Waals surface area contributed by atoms with Crippen molar-refractivity contribution in [3.63, 3.8) is 0 Å². The Balaban J connectivity index is 0. The molecule has 0 atom stereocenters. The van der Waals surface area contributed by atoms with Crippen molar-refractivity contribution < 1.29 is 24.3 Å². The molecule has 4 heteroatoms. The van der Waals surface area contributed by atoms with Crippen molar-refractivity contribution in [2.45, 2.75) is 33.6 Å². The molecule has 0 aliphatic carbocycles. The molecule has 0 aromatic rings. The molecular formula is C10H17IO2Zn. The molecule has 0 aliphatic heterocycles. The molecule has 78 valence electrons. The van der Waals surface area contributed by atoms with Gasteiger partial charge in [-0.05, 0) is 27.2 Å². The summed E-state index contributed by atoms with van der Waals surface area (Å²) in [4.78, 5) is 11.2. The maximum absolute atomic E-state index is 11.2. The summed E-state index contributed by atoms with van der Waals surface area (Å²) in [7, 11) is 0. The number of unbranched alkanes of at least 4 members (excludes halogenated alkanes) is 1. The fourth-order valence-corrected chi connectivity index (χ4v) is 0.583. The second-order valence-electron chi connectivity index (χ2n) is 3.76. The van der Waals surface area contributed by atoms with Crippen LogP contribution in [-0.2, 0) is 24.3 Å². The zero-order valence-electron chi connectivity index (χ0n) is 9.18. The molecule has 0 aromatic carbocycles. The number of rotatable bonds is 4. The van der Waals surface area contributed by atoms with Gasteiger partial charge in [0, 0.05) is 0 Å². The Kier molecular flexibility index (Phi) is 12.2. The summed E-state index contributed by atoms with van der Waals surface area (Å²) in [5, 5.41) is 0. The molecule has 0 rings (SSSR count). The SMILES string of the molecule is [CH-]=CCCCOC(=O)C(C)(C)C.[Zn+][I]. The number of halogens is 1. The van der Waals surface area contributed by atoms with E-state index in [9.17, 15) is 4.79 Å². The number of allylic oxidation sites excluding steroid dienone is 1. The van der Waals surface area contributed by atoms with E-state index in [1.807, 2.05) is 20.8 Å². The standard InChI is InChI=1S/C10H17O2.HI.Zn/c1-5-6-7-8-12-9(11)10(2,3)4;;/h1,5H,6-8H2,2-4H3;1H;/q-1;;+2/p-1. The van der Waals surface area contributed by atoms with Crippen molar-refractivity contribution in [2.24, 2.45) is 5.41 Å². The number of hydrogen-bond donors (Lipinski definition) is 0. The Hall–Kier alpha value is 0.563. The van der Waals surface area contributed by atoms with Crippen LogP contribution < -0.4 is 0 Å². The van der Waals surface area contributed by atoms with Gasteiger partial charge in [-0.2, -0.15) is 0 Å². The Labute approximate surface area is 108 Å². The van der Waals surface area contributed by atoms with Crippen LogP contribution in [0.25, 0.3) is 0 Å². The monoisotopic (exact) mass is 360 g/mol. The summed E-state index contributed by atoms with van der Waals surface area (Å²) in [5.41, 5.74) is -0.396. The van der Waals surface area contributed by atoms with Crippen LogP contribution in [0.1, 0.15) is 33.6 Å². The number of hydrogen-bond acceptors (Lipinski definition) is 2. The van der Waals surface area contributed by atoms with Crippen LogP contribution in [0.2, 0.25) is 0 Å². The van der Waals surface area contributed by atoms with Crippen LogP contribution in [-0.4, -0.2) is 12.6 Å². The van der Waals surface area contributed by atoms with Gasteiger partial charge in [0.2, 0.25) is 0 Å². The third-order valence-corrected chi connectivity index (χ3v) is 1.36. The predicted molar refractivity (Wildman–Crippen MR) is 62.5 cm³/mol. The number of ether oxygens (including phenoxy) is 1. The molecule has 0 saturated heterocycles.